The van der Waals surface area contributed by atoms with Gasteiger partial charge in [-0.05, 0) is 42.0 Å². The number of benzene rings is 3. The second-order valence-electron chi connectivity index (χ2n) is 9.51. The highest BCUT2D eigenvalue weighted by Gasteiger charge is 2.32. The Morgan fingerprint density at radius 3 is 1.98 bits per heavy atom. The quantitative estimate of drug-likeness (QED) is 0.142. The van der Waals surface area contributed by atoms with E-state index in [4.69, 9.17) is 8.83 Å². The molecule has 10 heteroatoms. The van der Waals surface area contributed by atoms with Crippen LogP contribution in [0.15, 0.2) is 106 Å². The molecular formula is C31H17BF5N2O2+. The molecule has 0 bridgehead atoms. The summed E-state index contributed by atoms with van der Waals surface area (Å²) >= 11 is 0. The number of rotatable bonds is 5. The Kier molecular flexibility index (Phi) is 5.78. The van der Waals surface area contributed by atoms with Crippen LogP contribution in [-0.2, 0) is 0 Å². The molecule has 1 aliphatic rings. The van der Waals surface area contributed by atoms with Crippen LogP contribution in [0.3, 0.4) is 0 Å². The summed E-state index contributed by atoms with van der Waals surface area (Å²) in [7, 11) is -1.01. The molecule has 1 aliphatic heterocycles. The van der Waals surface area contributed by atoms with Crippen LogP contribution in [0.5, 0.6) is 0 Å². The number of allylic oxidation sites excluding steroid dienone is 1. The van der Waals surface area contributed by atoms with Gasteiger partial charge in [0.15, 0.2) is 5.58 Å². The zero-order valence-corrected chi connectivity index (χ0v) is 21.0. The largest absolute Gasteiger partial charge is 0.454 e. The third-order valence-corrected chi connectivity index (χ3v) is 6.98. The van der Waals surface area contributed by atoms with Gasteiger partial charge in [-0.1, -0.05) is 36.4 Å². The summed E-state index contributed by atoms with van der Waals surface area (Å²) in [4.78, 5) is 0.372. The van der Waals surface area contributed by atoms with Crippen molar-refractivity contribution in [3.63, 3.8) is 0 Å². The van der Waals surface area contributed by atoms with Gasteiger partial charge < -0.3 is 17.6 Å². The highest BCUT2D eigenvalue weighted by atomic mass is 19.2. The minimum Gasteiger partial charge on any atom is -0.454 e. The Hall–Kier alpha value is -5.12. The van der Waals surface area contributed by atoms with E-state index >= 15 is 4.48 Å². The van der Waals surface area contributed by atoms with Crippen LogP contribution in [0.4, 0.5) is 22.0 Å². The van der Waals surface area contributed by atoms with E-state index in [1.165, 1.54) is 77.3 Å². The minimum absolute atomic E-state index is 0.0182. The van der Waals surface area contributed by atoms with E-state index < -0.39 is 25.1 Å². The van der Waals surface area contributed by atoms with Crippen molar-refractivity contribution in [2.45, 2.75) is 0 Å². The minimum atomic E-state index is -1.01. The lowest BCUT2D eigenvalue weighted by atomic mass is 9.99. The number of fused-ring (bicyclic) bond motifs is 2. The number of furan rings is 2. The topological polar surface area (TPSA) is 34.2 Å². The number of halogens is 5. The molecule has 6 aromatic rings. The van der Waals surface area contributed by atoms with Crippen LogP contribution in [-0.4, -0.2) is 12.2 Å². The molecule has 41 heavy (non-hydrogen) atoms. The summed E-state index contributed by atoms with van der Waals surface area (Å²) in [6.07, 6.45) is 1.42. The summed E-state index contributed by atoms with van der Waals surface area (Å²) in [6.45, 7) is 0. The highest BCUT2D eigenvalue weighted by molar-refractivity contribution is 6.28. The van der Waals surface area contributed by atoms with E-state index in [0.29, 0.717) is 27.2 Å². The molecule has 0 spiro atoms. The van der Waals surface area contributed by atoms with Gasteiger partial charge in [0.25, 0.3) is 11.1 Å². The summed E-state index contributed by atoms with van der Waals surface area (Å²) in [5.74, 6) is -0.899. The fourth-order valence-electron chi connectivity index (χ4n) is 5.15. The smallest absolute Gasteiger partial charge is 0.449 e. The molecule has 0 aliphatic carbocycles. The molecule has 4 heterocycles. The molecule has 200 valence electrons. The maximum absolute atomic E-state index is 16.0. The molecule has 7 rings (SSSR count). The summed E-state index contributed by atoms with van der Waals surface area (Å²) < 4.78 is 85.6. The zero-order valence-electron chi connectivity index (χ0n) is 21.0. The first-order valence-electron chi connectivity index (χ1n) is 12.6. The van der Waals surface area contributed by atoms with E-state index in [1.54, 1.807) is 24.3 Å². The fourth-order valence-corrected chi connectivity index (χ4v) is 5.15. The lowest BCUT2D eigenvalue weighted by Gasteiger charge is -2.10. The molecule has 0 saturated carbocycles. The Morgan fingerprint density at radius 1 is 0.732 bits per heavy atom. The first kappa shape index (κ1) is 24.9. The summed E-state index contributed by atoms with van der Waals surface area (Å²) in [5, 5.41) is 0.0589. The molecular weight excluding hydrogens is 538 g/mol. The van der Waals surface area contributed by atoms with Crippen LogP contribution < -0.4 is 15.6 Å². The molecule has 3 aromatic carbocycles. The second kappa shape index (κ2) is 9.51. The van der Waals surface area contributed by atoms with Gasteiger partial charge in [0.2, 0.25) is 5.42 Å². The van der Waals surface area contributed by atoms with Crippen LogP contribution in [0.2, 0.25) is 0 Å². The Morgan fingerprint density at radius 2 is 1.37 bits per heavy atom. The zero-order chi connectivity index (χ0) is 28.2. The van der Waals surface area contributed by atoms with Gasteiger partial charge >= 0.3 is 7.69 Å². The number of nitrogens with zero attached hydrogens (tertiary/aromatic N) is 2. The van der Waals surface area contributed by atoms with Gasteiger partial charge in [0, 0.05) is 33.8 Å². The molecule has 0 amide bonds. The Labute approximate surface area is 229 Å². The molecule has 0 radical (unpaired) electrons. The first-order valence-corrected chi connectivity index (χ1v) is 12.6. The molecule has 3 aromatic heterocycles. The predicted octanol–water partition coefficient (Wildman–Crippen LogP) is 6.29. The summed E-state index contributed by atoms with van der Waals surface area (Å²) in [6, 6.07) is 21.6. The van der Waals surface area contributed by atoms with Crippen molar-refractivity contribution < 1.29 is 30.8 Å². The van der Waals surface area contributed by atoms with Crippen molar-refractivity contribution in [2.75, 3.05) is 0 Å². The van der Waals surface area contributed by atoms with Crippen molar-refractivity contribution >= 4 is 30.4 Å². The lowest BCUT2D eigenvalue weighted by Crippen LogP contribution is -2.25. The maximum atomic E-state index is 16.0. The Bertz CT molecular complexity index is 2160. The standard InChI is InChI=1S/C31H17BF5N2O2/c33-20-7-1-4-17(10-20)27-13-23-29(40-27)15-25(38(23)32-36)31(19-6-3-9-22(35)12-19)26-16-30-24(39(26)37)14-28(41-30)18-5-2-8-21(34)11-18/h1-16,32H/q+1. The van der Waals surface area contributed by atoms with Gasteiger partial charge in [0.1, 0.15) is 29.0 Å². The third-order valence-electron chi connectivity index (χ3n) is 6.98. The molecule has 0 fully saturated rings. The number of aromatic nitrogens is 1. The van der Waals surface area contributed by atoms with Crippen molar-refractivity contribution in [3.8, 4) is 22.6 Å². The van der Waals surface area contributed by atoms with E-state index in [0.717, 1.165) is 0 Å². The highest BCUT2D eigenvalue weighted by Crippen LogP contribution is 2.36. The molecule has 0 saturated heterocycles. The van der Waals surface area contributed by atoms with E-state index in [1.807, 2.05) is 0 Å². The van der Waals surface area contributed by atoms with Crippen molar-refractivity contribution in [2.24, 2.45) is 0 Å². The van der Waals surface area contributed by atoms with Gasteiger partial charge in [-0.2, -0.15) is 0 Å². The second-order valence-corrected chi connectivity index (χ2v) is 9.51. The van der Waals surface area contributed by atoms with Crippen molar-refractivity contribution in [1.29, 1.82) is 0 Å². The fraction of sp³-hybridized carbons (Fsp3) is 0. The molecule has 0 unspecified atom stereocenters. The number of hydrogen-bond donors (Lipinski definition) is 0. The van der Waals surface area contributed by atoms with Crippen LogP contribution >= 0.6 is 0 Å². The van der Waals surface area contributed by atoms with Crippen LogP contribution in [0.1, 0.15) is 11.3 Å². The molecule has 4 nitrogen and oxygen atoms in total. The van der Waals surface area contributed by atoms with Crippen LogP contribution in [0, 0.1) is 17.5 Å². The van der Waals surface area contributed by atoms with Crippen molar-refractivity contribution in [3.05, 3.63) is 136 Å². The SMILES string of the molecule is FBn1c(/C(=C2/C=c3oc(-c4cccc(F)c4)cc3=[N+]2F)c2cccc(F)c2)cc2oc(-c3cccc(F)c3)cc21. The number of hydrogen-bond acceptors (Lipinski definition) is 2. The van der Waals surface area contributed by atoms with Crippen molar-refractivity contribution in [1.82, 2.24) is 9.28 Å². The van der Waals surface area contributed by atoms with Gasteiger partial charge in [-0.25, -0.2) is 13.2 Å². The van der Waals surface area contributed by atoms with Crippen LogP contribution in [0.25, 0.3) is 45.4 Å². The van der Waals surface area contributed by atoms with Gasteiger partial charge in [-0.3, -0.25) is 0 Å². The average Bonchev–Trinajstić information content (AvgIpc) is 3.70. The van der Waals surface area contributed by atoms with E-state index in [9.17, 15) is 17.5 Å². The predicted molar refractivity (Wildman–Crippen MR) is 146 cm³/mol. The molecule has 0 atom stereocenters. The Balaban J connectivity index is 1.43. The maximum Gasteiger partial charge on any atom is 0.449 e. The molecule has 0 N–H and O–H groups in total. The van der Waals surface area contributed by atoms with E-state index in [-0.39, 0.29) is 44.6 Å². The third kappa shape index (κ3) is 4.19. The first-order chi connectivity index (χ1) is 19.9. The lowest BCUT2D eigenvalue weighted by molar-refractivity contribution is 0.312. The van der Waals surface area contributed by atoms with E-state index in [2.05, 4.69) is 0 Å². The van der Waals surface area contributed by atoms with Gasteiger partial charge in [0.05, 0.1) is 27.7 Å². The van der Waals surface area contributed by atoms with Gasteiger partial charge in [-0.15, -0.1) is 0 Å². The normalized spacial score (nSPS) is 13.9. The average molecular weight is 555 g/mol. The summed E-state index contributed by atoms with van der Waals surface area (Å²) in [5.41, 5.74) is 2.36. The monoisotopic (exact) mass is 555 g/mol.